The molecular formula is C14H18FN3O3. The van der Waals surface area contributed by atoms with Gasteiger partial charge in [0, 0.05) is 32.1 Å². The predicted octanol–water partition coefficient (Wildman–Crippen LogP) is 2.55. The fraction of sp³-hybridized carbons (Fsp3) is 0.500. The number of carbonyl (C=O) groups is 1. The Balaban J connectivity index is 1.83. The van der Waals surface area contributed by atoms with E-state index in [9.17, 15) is 19.3 Å². The van der Waals surface area contributed by atoms with Crippen LogP contribution < -0.4 is 5.32 Å². The first-order chi connectivity index (χ1) is 10.1. The van der Waals surface area contributed by atoms with Crippen molar-refractivity contribution in [1.82, 2.24) is 4.90 Å². The van der Waals surface area contributed by atoms with Gasteiger partial charge in [-0.2, -0.15) is 0 Å². The molecule has 1 aromatic carbocycles. The maximum Gasteiger partial charge on any atom is 0.272 e. The van der Waals surface area contributed by atoms with Gasteiger partial charge in [0.15, 0.2) is 5.82 Å². The van der Waals surface area contributed by atoms with E-state index in [1.807, 2.05) is 4.90 Å². The third-order valence-corrected chi connectivity index (χ3v) is 3.53. The molecule has 0 radical (unpaired) electrons. The third kappa shape index (κ3) is 4.14. The lowest BCUT2D eigenvalue weighted by Crippen LogP contribution is -2.36. The molecule has 2 rings (SSSR count). The fourth-order valence-corrected chi connectivity index (χ4v) is 2.37. The van der Waals surface area contributed by atoms with E-state index >= 15 is 0 Å². The summed E-state index contributed by atoms with van der Waals surface area (Å²) < 4.78 is 13.6. The smallest absolute Gasteiger partial charge is 0.272 e. The van der Waals surface area contributed by atoms with Crippen LogP contribution in [0.2, 0.25) is 0 Å². The van der Waals surface area contributed by atoms with Crippen LogP contribution in [0.3, 0.4) is 0 Å². The Morgan fingerprint density at radius 2 is 2.05 bits per heavy atom. The molecule has 0 saturated carbocycles. The van der Waals surface area contributed by atoms with Gasteiger partial charge in [0.1, 0.15) is 0 Å². The van der Waals surface area contributed by atoms with E-state index in [1.165, 1.54) is 12.1 Å². The van der Waals surface area contributed by atoms with Gasteiger partial charge in [-0.3, -0.25) is 14.9 Å². The zero-order chi connectivity index (χ0) is 15.2. The van der Waals surface area contributed by atoms with Crippen molar-refractivity contribution >= 4 is 17.3 Å². The van der Waals surface area contributed by atoms with E-state index in [0.717, 1.165) is 38.4 Å². The van der Waals surface area contributed by atoms with Crippen molar-refractivity contribution in [2.45, 2.75) is 25.7 Å². The summed E-state index contributed by atoms with van der Waals surface area (Å²) in [6.07, 6.45) is 3.53. The van der Waals surface area contributed by atoms with Gasteiger partial charge in [0.05, 0.1) is 16.7 Å². The summed E-state index contributed by atoms with van der Waals surface area (Å²) in [5.74, 6) is -0.626. The first-order valence-corrected chi connectivity index (χ1v) is 7.03. The molecule has 21 heavy (non-hydrogen) atoms. The number of carbonyl (C=O) groups excluding carboxylic acids is 1. The Labute approximate surface area is 122 Å². The first kappa shape index (κ1) is 15.2. The molecule has 1 N–H and O–H groups in total. The van der Waals surface area contributed by atoms with Gasteiger partial charge in [-0.25, -0.2) is 4.39 Å². The summed E-state index contributed by atoms with van der Waals surface area (Å²) in [7, 11) is 0. The van der Waals surface area contributed by atoms with Gasteiger partial charge >= 0.3 is 0 Å². The van der Waals surface area contributed by atoms with E-state index in [2.05, 4.69) is 5.32 Å². The number of nitro benzene ring substituents is 1. The second-order valence-electron chi connectivity index (χ2n) is 5.04. The van der Waals surface area contributed by atoms with Crippen molar-refractivity contribution in [3.05, 3.63) is 34.1 Å². The number of anilines is 1. The molecule has 1 fully saturated rings. The maximum atomic E-state index is 13.6. The molecule has 1 aliphatic rings. The minimum absolute atomic E-state index is 0.0597. The van der Waals surface area contributed by atoms with E-state index in [4.69, 9.17) is 0 Å². The molecule has 1 heterocycles. The molecule has 0 aliphatic carbocycles. The highest BCUT2D eigenvalue weighted by Crippen LogP contribution is 2.20. The standard InChI is InChI=1S/C14H18FN3O3/c15-12-10-11(18(20)21)4-5-13(12)16-7-6-14(19)17-8-2-1-3-9-17/h4-5,10,16H,1-3,6-9H2. The number of nitrogens with zero attached hydrogens (tertiary/aromatic N) is 2. The highest BCUT2D eigenvalue weighted by atomic mass is 19.1. The van der Waals surface area contributed by atoms with Crippen LogP contribution >= 0.6 is 0 Å². The van der Waals surface area contributed by atoms with Crippen LogP contribution in [0.4, 0.5) is 15.8 Å². The Kier molecular flexibility index (Phi) is 5.08. The SMILES string of the molecule is O=C(CCNc1ccc([N+](=O)[O-])cc1F)N1CCCCC1. The van der Waals surface area contributed by atoms with Crippen molar-refractivity contribution in [2.75, 3.05) is 25.0 Å². The molecule has 6 nitrogen and oxygen atoms in total. The molecule has 0 unspecified atom stereocenters. The minimum Gasteiger partial charge on any atom is -0.382 e. The quantitative estimate of drug-likeness (QED) is 0.669. The van der Waals surface area contributed by atoms with Crippen molar-refractivity contribution < 1.29 is 14.1 Å². The molecule has 0 aromatic heterocycles. The molecular weight excluding hydrogens is 277 g/mol. The molecule has 1 saturated heterocycles. The van der Waals surface area contributed by atoms with Crippen molar-refractivity contribution in [3.63, 3.8) is 0 Å². The summed E-state index contributed by atoms with van der Waals surface area (Å²) in [5, 5.41) is 13.3. The topological polar surface area (TPSA) is 75.5 Å². The molecule has 7 heteroatoms. The van der Waals surface area contributed by atoms with Gasteiger partial charge in [-0.05, 0) is 25.3 Å². The monoisotopic (exact) mass is 295 g/mol. The molecule has 0 atom stereocenters. The van der Waals surface area contributed by atoms with Crippen LogP contribution in [0.1, 0.15) is 25.7 Å². The number of nitro groups is 1. The molecule has 0 bridgehead atoms. The highest BCUT2D eigenvalue weighted by Gasteiger charge is 2.16. The average molecular weight is 295 g/mol. The van der Waals surface area contributed by atoms with Crippen LogP contribution in [0.5, 0.6) is 0 Å². The number of amides is 1. The van der Waals surface area contributed by atoms with Gasteiger partial charge in [0.25, 0.3) is 5.69 Å². The Bertz CT molecular complexity index is 530. The van der Waals surface area contributed by atoms with Crippen LogP contribution in [-0.2, 0) is 4.79 Å². The van der Waals surface area contributed by atoms with E-state index < -0.39 is 10.7 Å². The number of rotatable bonds is 5. The number of nitrogens with one attached hydrogen (secondary N) is 1. The number of benzene rings is 1. The number of non-ortho nitro benzene ring substituents is 1. The second-order valence-corrected chi connectivity index (χ2v) is 5.04. The van der Waals surface area contributed by atoms with Crippen LogP contribution in [0.25, 0.3) is 0 Å². The first-order valence-electron chi connectivity index (χ1n) is 7.03. The second kappa shape index (κ2) is 7.01. The third-order valence-electron chi connectivity index (χ3n) is 3.53. The number of halogens is 1. The zero-order valence-corrected chi connectivity index (χ0v) is 11.7. The van der Waals surface area contributed by atoms with Crippen molar-refractivity contribution in [1.29, 1.82) is 0 Å². The predicted molar refractivity (Wildman–Crippen MR) is 76.6 cm³/mol. The van der Waals surface area contributed by atoms with Gasteiger partial charge in [0.2, 0.25) is 5.91 Å². The van der Waals surface area contributed by atoms with Crippen molar-refractivity contribution in [2.24, 2.45) is 0 Å². The molecule has 1 aliphatic heterocycles. The summed E-state index contributed by atoms with van der Waals surface area (Å²) in [6, 6.07) is 3.42. The number of hydrogen-bond donors (Lipinski definition) is 1. The number of likely N-dealkylation sites (tertiary alicyclic amines) is 1. The lowest BCUT2D eigenvalue weighted by molar-refractivity contribution is -0.385. The lowest BCUT2D eigenvalue weighted by Gasteiger charge is -2.26. The minimum atomic E-state index is -0.686. The van der Waals surface area contributed by atoms with E-state index in [-0.39, 0.29) is 23.7 Å². The molecule has 1 amide bonds. The van der Waals surface area contributed by atoms with Gasteiger partial charge in [-0.1, -0.05) is 0 Å². The maximum absolute atomic E-state index is 13.6. The van der Waals surface area contributed by atoms with E-state index in [0.29, 0.717) is 6.54 Å². The normalized spacial score (nSPS) is 14.8. The van der Waals surface area contributed by atoms with Crippen LogP contribution in [-0.4, -0.2) is 35.4 Å². The summed E-state index contributed by atoms with van der Waals surface area (Å²) in [5.41, 5.74) is -0.116. The Morgan fingerprint density at radius 1 is 1.33 bits per heavy atom. The molecule has 1 aromatic rings. The highest BCUT2D eigenvalue weighted by molar-refractivity contribution is 5.76. The molecule has 0 spiro atoms. The molecule has 114 valence electrons. The van der Waals surface area contributed by atoms with Crippen molar-refractivity contribution in [3.8, 4) is 0 Å². The van der Waals surface area contributed by atoms with Gasteiger partial charge < -0.3 is 10.2 Å². The van der Waals surface area contributed by atoms with Crippen LogP contribution in [0.15, 0.2) is 18.2 Å². The fourth-order valence-electron chi connectivity index (χ4n) is 2.37. The van der Waals surface area contributed by atoms with E-state index in [1.54, 1.807) is 0 Å². The summed E-state index contributed by atoms with van der Waals surface area (Å²) >= 11 is 0. The largest absolute Gasteiger partial charge is 0.382 e. The lowest BCUT2D eigenvalue weighted by atomic mass is 10.1. The zero-order valence-electron chi connectivity index (χ0n) is 11.7. The number of hydrogen-bond acceptors (Lipinski definition) is 4. The van der Waals surface area contributed by atoms with Crippen LogP contribution in [0, 0.1) is 15.9 Å². The van der Waals surface area contributed by atoms with Gasteiger partial charge in [-0.15, -0.1) is 0 Å². The Morgan fingerprint density at radius 3 is 2.67 bits per heavy atom. The average Bonchev–Trinajstić information content (AvgIpc) is 2.49. The summed E-state index contributed by atoms with van der Waals surface area (Å²) in [6.45, 7) is 1.90. The Hall–Kier alpha value is -2.18. The number of piperidine rings is 1. The summed E-state index contributed by atoms with van der Waals surface area (Å²) in [4.78, 5) is 23.6.